The van der Waals surface area contributed by atoms with Crippen LogP contribution < -0.4 is 5.32 Å². The van der Waals surface area contributed by atoms with Crippen LogP contribution in [0.1, 0.15) is 13.8 Å². The van der Waals surface area contributed by atoms with Gasteiger partial charge in [0, 0.05) is 11.3 Å². The summed E-state index contributed by atoms with van der Waals surface area (Å²) in [5.41, 5.74) is 3.37. The zero-order valence-corrected chi connectivity index (χ0v) is 11.5. The van der Waals surface area contributed by atoms with Gasteiger partial charge in [0.05, 0.1) is 0 Å². The number of hydrogen-bond acceptors (Lipinski definition) is 5. The van der Waals surface area contributed by atoms with Crippen LogP contribution in [-0.4, -0.2) is 27.3 Å². The third-order valence-electron chi connectivity index (χ3n) is 2.72. The van der Waals surface area contributed by atoms with Crippen molar-refractivity contribution < 1.29 is 9.90 Å². The quantitative estimate of drug-likeness (QED) is 0.879. The van der Waals surface area contributed by atoms with Gasteiger partial charge in [-0.2, -0.15) is 0 Å². The molecule has 2 N–H and O–H groups in total. The van der Waals surface area contributed by atoms with E-state index < -0.39 is 12.0 Å². The zero-order valence-electron chi connectivity index (χ0n) is 10.7. The Kier molecular flexibility index (Phi) is 4.11. The second-order valence-corrected chi connectivity index (χ2v) is 5.36. The first-order valence-electron chi connectivity index (χ1n) is 5.94. The van der Waals surface area contributed by atoms with Crippen molar-refractivity contribution >= 4 is 23.0 Å². The van der Waals surface area contributed by atoms with Crippen LogP contribution in [0.4, 0.5) is 5.69 Å². The van der Waals surface area contributed by atoms with Gasteiger partial charge in [0.1, 0.15) is 16.6 Å². The van der Waals surface area contributed by atoms with E-state index in [9.17, 15) is 9.90 Å². The molecule has 0 aliphatic heterocycles. The number of rotatable bonds is 5. The number of carbonyl (C=O) groups is 1. The van der Waals surface area contributed by atoms with Crippen LogP contribution in [0.25, 0.3) is 10.6 Å². The van der Waals surface area contributed by atoms with Crippen molar-refractivity contribution in [3.63, 3.8) is 0 Å². The highest BCUT2D eigenvalue weighted by Gasteiger charge is 2.21. The minimum Gasteiger partial charge on any atom is -0.480 e. The zero-order chi connectivity index (χ0) is 13.8. The highest BCUT2D eigenvalue weighted by molar-refractivity contribution is 7.12. The molecule has 0 saturated carbocycles. The fourth-order valence-electron chi connectivity index (χ4n) is 1.73. The average Bonchev–Trinajstić information content (AvgIpc) is 2.89. The van der Waals surface area contributed by atoms with Gasteiger partial charge in [-0.15, -0.1) is 10.2 Å². The van der Waals surface area contributed by atoms with Crippen molar-refractivity contribution in [3.8, 4) is 10.6 Å². The van der Waals surface area contributed by atoms with E-state index in [2.05, 4.69) is 15.5 Å². The molecular formula is C13H15N3O2S. The molecule has 0 fully saturated rings. The van der Waals surface area contributed by atoms with Gasteiger partial charge in [0.2, 0.25) is 0 Å². The number of hydrogen-bond donors (Lipinski definition) is 2. The number of aliphatic carboxylic acids is 1. The molecule has 0 unspecified atom stereocenters. The van der Waals surface area contributed by atoms with Crippen LogP contribution >= 0.6 is 11.3 Å². The molecule has 2 rings (SSSR count). The summed E-state index contributed by atoms with van der Waals surface area (Å²) in [5, 5.41) is 20.8. The van der Waals surface area contributed by atoms with E-state index in [4.69, 9.17) is 0 Å². The second-order valence-electron chi connectivity index (χ2n) is 4.53. The normalized spacial score (nSPS) is 12.4. The van der Waals surface area contributed by atoms with Crippen LogP contribution in [0.15, 0.2) is 29.8 Å². The van der Waals surface area contributed by atoms with E-state index in [0.717, 1.165) is 16.3 Å². The van der Waals surface area contributed by atoms with Gasteiger partial charge in [0.25, 0.3) is 0 Å². The molecule has 0 aliphatic rings. The SMILES string of the molecule is CC(C)[C@@H](Nc1cccc(-c2nncs2)c1)C(=O)O. The van der Waals surface area contributed by atoms with Crippen LogP contribution in [0.5, 0.6) is 0 Å². The van der Waals surface area contributed by atoms with Gasteiger partial charge in [-0.3, -0.25) is 0 Å². The molecule has 0 aliphatic carbocycles. The molecule has 1 aromatic heterocycles. The van der Waals surface area contributed by atoms with E-state index >= 15 is 0 Å². The van der Waals surface area contributed by atoms with Crippen molar-refractivity contribution in [1.29, 1.82) is 0 Å². The number of aromatic nitrogens is 2. The molecule has 1 aromatic carbocycles. The molecule has 0 saturated heterocycles. The highest BCUT2D eigenvalue weighted by atomic mass is 32.1. The van der Waals surface area contributed by atoms with E-state index in [1.54, 1.807) is 5.51 Å². The fraction of sp³-hybridized carbons (Fsp3) is 0.308. The first-order valence-corrected chi connectivity index (χ1v) is 6.82. The van der Waals surface area contributed by atoms with Gasteiger partial charge in [-0.1, -0.05) is 37.3 Å². The topological polar surface area (TPSA) is 75.1 Å². The Balaban J connectivity index is 2.22. The minimum atomic E-state index is -0.851. The lowest BCUT2D eigenvalue weighted by molar-refractivity contribution is -0.138. The summed E-state index contributed by atoms with van der Waals surface area (Å²) in [6.07, 6.45) is 0. The monoisotopic (exact) mass is 277 g/mol. The molecular weight excluding hydrogens is 262 g/mol. The number of carboxylic acid groups (broad SMARTS) is 1. The maximum atomic E-state index is 11.2. The average molecular weight is 277 g/mol. The fourth-order valence-corrected chi connectivity index (χ4v) is 2.29. The van der Waals surface area contributed by atoms with E-state index in [1.165, 1.54) is 11.3 Å². The van der Waals surface area contributed by atoms with Crippen LogP contribution in [-0.2, 0) is 4.79 Å². The number of carboxylic acids is 1. The predicted molar refractivity (Wildman–Crippen MR) is 75.2 cm³/mol. The van der Waals surface area contributed by atoms with Crippen LogP contribution in [0.2, 0.25) is 0 Å². The predicted octanol–water partition coefficient (Wildman–Crippen LogP) is 2.73. The van der Waals surface area contributed by atoms with Gasteiger partial charge in [-0.25, -0.2) is 4.79 Å². The summed E-state index contributed by atoms with van der Waals surface area (Å²) in [5.74, 6) is -0.848. The molecule has 1 heterocycles. The lowest BCUT2D eigenvalue weighted by atomic mass is 10.0. The smallest absolute Gasteiger partial charge is 0.326 e. The molecule has 19 heavy (non-hydrogen) atoms. The lowest BCUT2D eigenvalue weighted by Gasteiger charge is -2.19. The number of benzene rings is 1. The van der Waals surface area contributed by atoms with Crippen LogP contribution in [0, 0.1) is 5.92 Å². The Hall–Kier alpha value is -1.95. The third-order valence-corrected chi connectivity index (χ3v) is 3.46. The van der Waals surface area contributed by atoms with E-state index in [1.807, 2.05) is 38.1 Å². The minimum absolute atomic E-state index is 0.00249. The van der Waals surface area contributed by atoms with E-state index in [-0.39, 0.29) is 5.92 Å². The molecule has 0 amide bonds. The maximum absolute atomic E-state index is 11.2. The summed E-state index contributed by atoms with van der Waals surface area (Å²) in [4.78, 5) is 11.2. The van der Waals surface area contributed by atoms with Crippen LogP contribution in [0.3, 0.4) is 0 Å². The number of nitrogens with zero attached hydrogens (tertiary/aromatic N) is 2. The van der Waals surface area contributed by atoms with Crippen molar-refractivity contribution in [2.75, 3.05) is 5.32 Å². The first-order chi connectivity index (χ1) is 9.08. The summed E-state index contributed by atoms with van der Waals surface area (Å²) in [6.45, 7) is 3.75. The van der Waals surface area contributed by atoms with Crippen molar-refractivity contribution in [2.45, 2.75) is 19.9 Å². The summed E-state index contributed by atoms with van der Waals surface area (Å²) in [7, 11) is 0. The molecule has 2 aromatic rings. The molecule has 6 heteroatoms. The molecule has 0 radical (unpaired) electrons. The van der Waals surface area contributed by atoms with Gasteiger partial charge < -0.3 is 10.4 Å². The number of anilines is 1. The lowest BCUT2D eigenvalue weighted by Crippen LogP contribution is -2.34. The molecule has 100 valence electrons. The van der Waals surface area contributed by atoms with Crippen molar-refractivity contribution in [1.82, 2.24) is 10.2 Å². The number of nitrogens with one attached hydrogen (secondary N) is 1. The Morgan fingerprint density at radius 1 is 1.42 bits per heavy atom. The molecule has 0 bridgehead atoms. The standard InChI is InChI=1S/C13H15N3O2S/c1-8(2)11(13(17)18)15-10-5-3-4-9(6-10)12-16-14-7-19-12/h3-8,11,15H,1-2H3,(H,17,18)/t11-/m1/s1. The third kappa shape index (κ3) is 3.29. The molecule has 1 atom stereocenters. The Morgan fingerprint density at radius 3 is 2.79 bits per heavy atom. The first kappa shape index (κ1) is 13.5. The molecule has 5 nitrogen and oxygen atoms in total. The van der Waals surface area contributed by atoms with Gasteiger partial charge >= 0.3 is 5.97 Å². The Bertz CT molecular complexity index is 555. The maximum Gasteiger partial charge on any atom is 0.326 e. The summed E-state index contributed by atoms with van der Waals surface area (Å²) in [6, 6.07) is 6.93. The highest BCUT2D eigenvalue weighted by Crippen LogP contribution is 2.24. The van der Waals surface area contributed by atoms with Crippen molar-refractivity contribution in [2.24, 2.45) is 5.92 Å². The Labute approximate surface area is 115 Å². The van der Waals surface area contributed by atoms with Gasteiger partial charge in [0.15, 0.2) is 0 Å². The second kappa shape index (κ2) is 5.79. The summed E-state index contributed by atoms with van der Waals surface area (Å²) < 4.78 is 0. The van der Waals surface area contributed by atoms with Gasteiger partial charge in [-0.05, 0) is 18.1 Å². The summed E-state index contributed by atoms with van der Waals surface area (Å²) >= 11 is 1.45. The van der Waals surface area contributed by atoms with E-state index in [0.29, 0.717) is 0 Å². The Morgan fingerprint density at radius 2 is 2.21 bits per heavy atom. The molecule has 0 spiro atoms. The van der Waals surface area contributed by atoms with Crippen molar-refractivity contribution in [3.05, 3.63) is 29.8 Å². The largest absolute Gasteiger partial charge is 0.480 e.